The second-order valence-corrected chi connectivity index (χ2v) is 5.33. The predicted octanol–water partition coefficient (Wildman–Crippen LogP) is 2.94. The Kier molecular flexibility index (Phi) is 3.38. The lowest BCUT2D eigenvalue weighted by molar-refractivity contribution is 0.494. The van der Waals surface area contributed by atoms with Crippen molar-refractivity contribution < 1.29 is 4.39 Å². The minimum Gasteiger partial charge on any atom is -0.368 e. The highest BCUT2D eigenvalue weighted by atomic mass is 19.1. The maximum Gasteiger partial charge on any atom is 0.146 e. The number of nitrogens with zero attached hydrogens (tertiary/aromatic N) is 1. The maximum absolute atomic E-state index is 14.0. The number of nitrogens with two attached hydrogens (primary N) is 1. The average molecular weight is 236 g/mol. The van der Waals surface area contributed by atoms with E-state index in [0.717, 1.165) is 18.7 Å². The lowest BCUT2D eigenvalue weighted by atomic mass is 10.0. The van der Waals surface area contributed by atoms with Gasteiger partial charge in [-0.2, -0.15) is 0 Å². The van der Waals surface area contributed by atoms with Crippen molar-refractivity contribution in [2.45, 2.75) is 26.8 Å². The SMILES string of the molecule is CC1CN(c2c(F)cccc2[C@@H](C)N)CC1C. The van der Waals surface area contributed by atoms with Gasteiger partial charge in [-0.1, -0.05) is 26.0 Å². The molecule has 1 aliphatic rings. The summed E-state index contributed by atoms with van der Waals surface area (Å²) >= 11 is 0. The monoisotopic (exact) mass is 236 g/mol. The molecule has 0 amide bonds. The van der Waals surface area contributed by atoms with Crippen molar-refractivity contribution in [2.75, 3.05) is 18.0 Å². The van der Waals surface area contributed by atoms with Gasteiger partial charge >= 0.3 is 0 Å². The Hall–Kier alpha value is -1.09. The molecule has 94 valence electrons. The molecule has 2 rings (SSSR count). The maximum atomic E-state index is 14.0. The van der Waals surface area contributed by atoms with Crippen LogP contribution in [0, 0.1) is 17.7 Å². The molecule has 1 fully saturated rings. The van der Waals surface area contributed by atoms with E-state index in [1.54, 1.807) is 6.07 Å². The Labute approximate surface area is 103 Å². The van der Waals surface area contributed by atoms with Crippen molar-refractivity contribution in [1.29, 1.82) is 0 Å². The molecule has 1 aromatic rings. The van der Waals surface area contributed by atoms with Gasteiger partial charge in [-0.25, -0.2) is 4.39 Å². The smallest absolute Gasteiger partial charge is 0.146 e. The summed E-state index contributed by atoms with van der Waals surface area (Å²) in [5, 5.41) is 0. The molecular formula is C14H21FN2. The van der Waals surface area contributed by atoms with Crippen LogP contribution in [0.5, 0.6) is 0 Å². The number of para-hydroxylation sites is 1. The highest BCUT2D eigenvalue weighted by molar-refractivity contribution is 5.57. The van der Waals surface area contributed by atoms with E-state index in [0.29, 0.717) is 17.5 Å². The molecule has 0 radical (unpaired) electrons. The summed E-state index contributed by atoms with van der Waals surface area (Å²) in [6.07, 6.45) is 0. The fourth-order valence-corrected chi connectivity index (χ4v) is 2.55. The Bertz CT molecular complexity index is 393. The highest BCUT2D eigenvalue weighted by Crippen LogP contribution is 2.34. The van der Waals surface area contributed by atoms with Gasteiger partial charge in [-0.05, 0) is 30.4 Å². The van der Waals surface area contributed by atoms with Gasteiger partial charge in [0.1, 0.15) is 5.82 Å². The van der Waals surface area contributed by atoms with Crippen molar-refractivity contribution >= 4 is 5.69 Å². The second kappa shape index (κ2) is 4.65. The molecule has 2 nitrogen and oxygen atoms in total. The summed E-state index contributed by atoms with van der Waals surface area (Å²) in [5.74, 6) is 1.06. The molecule has 0 bridgehead atoms. The molecule has 1 saturated heterocycles. The van der Waals surface area contributed by atoms with Crippen LogP contribution in [0.15, 0.2) is 18.2 Å². The molecule has 2 unspecified atom stereocenters. The Balaban J connectivity index is 2.38. The first-order valence-corrected chi connectivity index (χ1v) is 6.29. The lowest BCUT2D eigenvalue weighted by Crippen LogP contribution is -2.24. The van der Waals surface area contributed by atoms with Crippen molar-refractivity contribution in [3.8, 4) is 0 Å². The van der Waals surface area contributed by atoms with E-state index >= 15 is 0 Å². The molecule has 1 heterocycles. The van der Waals surface area contributed by atoms with Crippen LogP contribution in [-0.4, -0.2) is 13.1 Å². The van der Waals surface area contributed by atoms with E-state index in [-0.39, 0.29) is 11.9 Å². The van der Waals surface area contributed by atoms with E-state index in [2.05, 4.69) is 18.7 Å². The molecule has 0 saturated carbocycles. The van der Waals surface area contributed by atoms with Crippen LogP contribution in [0.1, 0.15) is 32.4 Å². The minimum atomic E-state index is -0.152. The van der Waals surface area contributed by atoms with Crippen molar-refractivity contribution in [3.63, 3.8) is 0 Å². The minimum absolute atomic E-state index is 0.132. The molecule has 0 aromatic heterocycles. The molecule has 0 spiro atoms. The highest BCUT2D eigenvalue weighted by Gasteiger charge is 2.29. The number of hydrogen-bond donors (Lipinski definition) is 1. The zero-order valence-corrected chi connectivity index (χ0v) is 10.8. The molecular weight excluding hydrogens is 215 g/mol. The van der Waals surface area contributed by atoms with E-state index in [4.69, 9.17) is 5.73 Å². The van der Waals surface area contributed by atoms with Gasteiger partial charge in [0.15, 0.2) is 0 Å². The number of rotatable bonds is 2. The van der Waals surface area contributed by atoms with E-state index in [1.165, 1.54) is 6.07 Å². The first kappa shape index (κ1) is 12.4. The molecule has 17 heavy (non-hydrogen) atoms. The van der Waals surface area contributed by atoms with E-state index in [9.17, 15) is 4.39 Å². The fraction of sp³-hybridized carbons (Fsp3) is 0.571. The number of anilines is 1. The Morgan fingerprint density at radius 2 is 1.88 bits per heavy atom. The summed E-state index contributed by atoms with van der Waals surface area (Å²) < 4.78 is 14.0. The van der Waals surface area contributed by atoms with Gasteiger partial charge in [0, 0.05) is 19.1 Å². The number of halogens is 1. The standard InChI is InChI=1S/C14H21FN2/c1-9-7-17(8-10(9)2)14-12(11(3)16)5-4-6-13(14)15/h4-6,9-11H,7-8,16H2,1-3H3/t9?,10?,11-/m1/s1. The van der Waals surface area contributed by atoms with Crippen LogP contribution in [0.25, 0.3) is 0 Å². The topological polar surface area (TPSA) is 29.3 Å². The number of hydrogen-bond acceptors (Lipinski definition) is 2. The summed E-state index contributed by atoms with van der Waals surface area (Å²) in [7, 11) is 0. The van der Waals surface area contributed by atoms with E-state index < -0.39 is 0 Å². The zero-order valence-electron chi connectivity index (χ0n) is 10.8. The van der Waals surface area contributed by atoms with Crippen molar-refractivity contribution in [1.82, 2.24) is 0 Å². The molecule has 0 aliphatic carbocycles. The Morgan fingerprint density at radius 1 is 1.29 bits per heavy atom. The van der Waals surface area contributed by atoms with Crippen molar-refractivity contribution in [2.24, 2.45) is 17.6 Å². The van der Waals surface area contributed by atoms with Crippen LogP contribution >= 0.6 is 0 Å². The average Bonchev–Trinajstić information content (AvgIpc) is 2.58. The van der Waals surface area contributed by atoms with Crippen LogP contribution in [0.3, 0.4) is 0 Å². The molecule has 1 aliphatic heterocycles. The summed E-state index contributed by atoms with van der Waals surface area (Å²) in [6, 6.07) is 5.05. The van der Waals surface area contributed by atoms with Gasteiger partial charge < -0.3 is 10.6 Å². The lowest BCUT2D eigenvalue weighted by Gasteiger charge is -2.24. The Morgan fingerprint density at radius 3 is 2.41 bits per heavy atom. The zero-order chi connectivity index (χ0) is 12.6. The summed E-state index contributed by atoms with van der Waals surface area (Å²) in [5.41, 5.74) is 7.54. The van der Waals surface area contributed by atoms with Gasteiger partial charge in [-0.15, -0.1) is 0 Å². The van der Waals surface area contributed by atoms with Crippen molar-refractivity contribution in [3.05, 3.63) is 29.6 Å². The molecule has 1 aromatic carbocycles. The van der Waals surface area contributed by atoms with Crippen LogP contribution in [0.2, 0.25) is 0 Å². The van der Waals surface area contributed by atoms with Crippen LogP contribution < -0.4 is 10.6 Å². The van der Waals surface area contributed by atoms with Gasteiger partial charge in [0.2, 0.25) is 0 Å². The summed E-state index contributed by atoms with van der Waals surface area (Å²) in [4.78, 5) is 2.14. The molecule has 3 atom stereocenters. The van der Waals surface area contributed by atoms with Crippen LogP contribution in [0.4, 0.5) is 10.1 Å². The normalized spacial score (nSPS) is 26.3. The second-order valence-electron chi connectivity index (χ2n) is 5.33. The number of benzene rings is 1. The van der Waals surface area contributed by atoms with Gasteiger partial charge in [-0.3, -0.25) is 0 Å². The van der Waals surface area contributed by atoms with Crippen LogP contribution in [-0.2, 0) is 0 Å². The molecule has 2 N–H and O–H groups in total. The third-order valence-corrected chi connectivity index (χ3v) is 3.81. The third kappa shape index (κ3) is 2.29. The fourth-order valence-electron chi connectivity index (χ4n) is 2.55. The van der Waals surface area contributed by atoms with Gasteiger partial charge in [0.25, 0.3) is 0 Å². The predicted molar refractivity (Wildman–Crippen MR) is 69.5 cm³/mol. The quantitative estimate of drug-likeness (QED) is 0.855. The molecule has 3 heteroatoms. The van der Waals surface area contributed by atoms with Gasteiger partial charge in [0.05, 0.1) is 5.69 Å². The third-order valence-electron chi connectivity index (χ3n) is 3.81. The largest absolute Gasteiger partial charge is 0.368 e. The first-order chi connectivity index (χ1) is 8.00. The van der Waals surface area contributed by atoms with E-state index in [1.807, 2.05) is 13.0 Å². The summed E-state index contributed by atoms with van der Waals surface area (Å²) in [6.45, 7) is 8.18. The first-order valence-electron chi connectivity index (χ1n) is 6.29.